The van der Waals surface area contributed by atoms with E-state index in [0.717, 1.165) is 0 Å². The van der Waals surface area contributed by atoms with Crippen LogP contribution in [0.5, 0.6) is 0 Å². The Morgan fingerprint density at radius 2 is 1.45 bits per heavy atom. The first-order valence-electron chi connectivity index (χ1n) is 8.19. The summed E-state index contributed by atoms with van der Waals surface area (Å²) in [6, 6.07) is 9.74. The molecule has 0 aromatic heterocycles. The third-order valence-electron chi connectivity index (χ3n) is 5.51. The normalized spacial score (nSPS) is 23.9. The summed E-state index contributed by atoms with van der Waals surface area (Å²) in [5, 5.41) is 0. The molecule has 1 unspecified atom stereocenters. The number of hydrogen-bond acceptors (Lipinski definition) is 1. The Balaban J connectivity index is 2.00. The Bertz CT molecular complexity index is 457. The molecule has 0 spiro atoms. The third-order valence-corrected chi connectivity index (χ3v) is 5.51. The first kappa shape index (κ1) is 13.8. The van der Waals surface area contributed by atoms with E-state index in [1.807, 2.05) is 0 Å². The van der Waals surface area contributed by atoms with Crippen LogP contribution in [-0.4, -0.2) is 18.5 Å². The fourth-order valence-electron chi connectivity index (χ4n) is 4.08. The lowest BCUT2D eigenvalue weighted by molar-refractivity contribution is -0.124. The number of hydrogen-bond donors (Lipinski definition) is 0. The lowest BCUT2D eigenvalue weighted by Crippen LogP contribution is -2.64. The Labute approximate surface area is 122 Å². The van der Waals surface area contributed by atoms with Crippen molar-refractivity contribution in [3.05, 3.63) is 29.8 Å². The minimum absolute atomic E-state index is 0.509. The highest BCUT2D eigenvalue weighted by Crippen LogP contribution is 2.41. The van der Waals surface area contributed by atoms with E-state index in [2.05, 4.69) is 31.2 Å². The molecule has 0 saturated heterocycles. The molecule has 0 N–H and O–H groups in total. The molecule has 3 rings (SSSR count). The van der Waals surface area contributed by atoms with E-state index >= 15 is 0 Å². The number of amides is 1. The van der Waals surface area contributed by atoms with Crippen LogP contribution in [0.25, 0.3) is 0 Å². The number of nitrogens with zero attached hydrogens (tertiary/aromatic N) is 1. The van der Waals surface area contributed by atoms with Gasteiger partial charge in [0.2, 0.25) is 0 Å². The van der Waals surface area contributed by atoms with Crippen molar-refractivity contribution in [1.82, 2.24) is 4.48 Å². The largest absolute Gasteiger partial charge is 0.307 e. The molecule has 108 valence electrons. The Kier molecular flexibility index (Phi) is 3.93. The highest BCUT2D eigenvalue weighted by atomic mass is 16.1. The first-order chi connectivity index (χ1) is 9.77. The molecule has 1 aromatic carbocycles. The minimum Gasteiger partial charge on any atom is -0.233 e. The van der Waals surface area contributed by atoms with E-state index < -0.39 is 0 Å². The van der Waals surface area contributed by atoms with E-state index in [1.54, 1.807) is 0 Å². The van der Waals surface area contributed by atoms with Crippen LogP contribution in [0, 0.1) is 6.92 Å². The molecule has 1 aromatic rings. The number of aryl methyl sites for hydroxylation is 1. The SMILES string of the molecule is Cc1ccc([N+](C=O)(C2CCCCC2)C2CCC2)cc1. The second-order valence-corrected chi connectivity index (χ2v) is 6.65. The zero-order chi connectivity index (χ0) is 14.0. The monoisotopic (exact) mass is 272 g/mol. The number of rotatable bonds is 4. The minimum atomic E-state index is 0.509. The van der Waals surface area contributed by atoms with Gasteiger partial charge in [0.05, 0.1) is 0 Å². The second-order valence-electron chi connectivity index (χ2n) is 6.65. The summed E-state index contributed by atoms with van der Waals surface area (Å²) in [6.07, 6.45) is 11.3. The summed E-state index contributed by atoms with van der Waals surface area (Å²) in [6.45, 7) is 2.11. The summed E-state index contributed by atoms with van der Waals surface area (Å²) < 4.78 is 0.611. The standard InChI is InChI=1S/C18H26NO/c1-15-10-12-18(13-11-15)19(14-20,17-8-5-9-17)16-6-3-2-4-7-16/h10-14,16-17H,2-9H2,1H3/q+1. The summed E-state index contributed by atoms with van der Waals surface area (Å²) in [4.78, 5) is 12.2. The van der Waals surface area contributed by atoms with E-state index in [1.165, 1.54) is 69.0 Å². The van der Waals surface area contributed by atoms with Crippen LogP contribution < -0.4 is 4.48 Å². The van der Waals surface area contributed by atoms with Crippen molar-refractivity contribution >= 4 is 12.1 Å². The molecule has 1 amide bonds. The Morgan fingerprint density at radius 3 is 1.90 bits per heavy atom. The number of quaternary nitrogens is 1. The van der Waals surface area contributed by atoms with Crippen molar-refractivity contribution in [3.8, 4) is 0 Å². The van der Waals surface area contributed by atoms with Gasteiger partial charge in [0.25, 0.3) is 0 Å². The van der Waals surface area contributed by atoms with Crippen molar-refractivity contribution in [2.45, 2.75) is 70.4 Å². The molecule has 20 heavy (non-hydrogen) atoms. The van der Waals surface area contributed by atoms with E-state index in [9.17, 15) is 4.79 Å². The molecule has 1 atom stereocenters. The smallest absolute Gasteiger partial charge is 0.233 e. The van der Waals surface area contributed by atoms with E-state index in [4.69, 9.17) is 0 Å². The molecule has 2 aliphatic carbocycles. The van der Waals surface area contributed by atoms with Gasteiger partial charge in [-0.15, -0.1) is 0 Å². The van der Waals surface area contributed by atoms with Gasteiger partial charge in [-0.3, -0.25) is 0 Å². The number of carbonyl (C=O) groups excluding carboxylic acids is 1. The highest BCUT2D eigenvalue weighted by molar-refractivity contribution is 5.71. The summed E-state index contributed by atoms with van der Waals surface area (Å²) in [5.41, 5.74) is 2.50. The van der Waals surface area contributed by atoms with Gasteiger partial charge >= 0.3 is 6.41 Å². The van der Waals surface area contributed by atoms with Gasteiger partial charge in [0.1, 0.15) is 17.8 Å². The van der Waals surface area contributed by atoms with Crippen LogP contribution in [0.4, 0.5) is 5.69 Å². The van der Waals surface area contributed by atoms with Crippen molar-refractivity contribution in [2.24, 2.45) is 0 Å². The van der Waals surface area contributed by atoms with Gasteiger partial charge in [0.15, 0.2) is 0 Å². The second kappa shape index (κ2) is 5.69. The summed E-state index contributed by atoms with van der Waals surface area (Å²) in [5.74, 6) is 0. The zero-order valence-electron chi connectivity index (χ0n) is 12.6. The van der Waals surface area contributed by atoms with Gasteiger partial charge in [-0.05, 0) is 38.3 Å². The van der Waals surface area contributed by atoms with Gasteiger partial charge in [-0.2, -0.15) is 0 Å². The van der Waals surface area contributed by atoms with Crippen LogP contribution in [0.2, 0.25) is 0 Å². The van der Waals surface area contributed by atoms with E-state index in [0.29, 0.717) is 16.6 Å². The quantitative estimate of drug-likeness (QED) is 0.588. The molecule has 2 saturated carbocycles. The Morgan fingerprint density at radius 1 is 0.900 bits per heavy atom. The molecule has 2 aliphatic rings. The molecule has 0 bridgehead atoms. The van der Waals surface area contributed by atoms with Crippen LogP contribution in [-0.2, 0) is 4.79 Å². The maximum atomic E-state index is 12.2. The topological polar surface area (TPSA) is 17.1 Å². The molecule has 2 nitrogen and oxygen atoms in total. The molecular formula is C18H26NO+. The van der Waals surface area contributed by atoms with Crippen LogP contribution in [0.15, 0.2) is 24.3 Å². The lowest BCUT2D eigenvalue weighted by Gasteiger charge is -2.49. The molecule has 0 radical (unpaired) electrons. The number of carbonyl (C=O) groups is 1. The van der Waals surface area contributed by atoms with Gasteiger partial charge < -0.3 is 0 Å². The molecular weight excluding hydrogens is 246 g/mol. The van der Waals surface area contributed by atoms with Crippen molar-refractivity contribution in [2.75, 3.05) is 0 Å². The fraction of sp³-hybridized carbons (Fsp3) is 0.611. The van der Waals surface area contributed by atoms with Crippen molar-refractivity contribution in [1.29, 1.82) is 0 Å². The van der Waals surface area contributed by atoms with Crippen molar-refractivity contribution < 1.29 is 4.79 Å². The lowest BCUT2D eigenvalue weighted by atomic mass is 9.83. The van der Waals surface area contributed by atoms with Crippen LogP contribution >= 0.6 is 0 Å². The average Bonchev–Trinajstić information content (AvgIpc) is 2.44. The van der Waals surface area contributed by atoms with Gasteiger partial charge in [-0.1, -0.05) is 24.1 Å². The average molecular weight is 272 g/mol. The van der Waals surface area contributed by atoms with Crippen molar-refractivity contribution in [3.63, 3.8) is 0 Å². The van der Waals surface area contributed by atoms with Gasteiger partial charge in [-0.25, -0.2) is 9.28 Å². The van der Waals surface area contributed by atoms with Crippen LogP contribution in [0.1, 0.15) is 56.9 Å². The summed E-state index contributed by atoms with van der Waals surface area (Å²) >= 11 is 0. The van der Waals surface area contributed by atoms with E-state index in [-0.39, 0.29) is 0 Å². The molecule has 2 fully saturated rings. The first-order valence-corrected chi connectivity index (χ1v) is 8.19. The molecule has 0 aliphatic heterocycles. The maximum absolute atomic E-state index is 12.2. The van der Waals surface area contributed by atoms with Crippen LogP contribution in [0.3, 0.4) is 0 Å². The third kappa shape index (κ3) is 2.20. The highest BCUT2D eigenvalue weighted by Gasteiger charge is 2.48. The van der Waals surface area contributed by atoms with Gasteiger partial charge in [0, 0.05) is 25.7 Å². The molecule has 0 heterocycles. The predicted molar refractivity (Wildman–Crippen MR) is 83.5 cm³/mol. The fourth-order valence-corrected chi connectivity index (χ4v) is 4.08. The Hall–Kier alpha value is -1.15. The zero-order valence-corrected chi connectivity index (χ0v) is 12.6. The maximum Gasteiger partial charge on any atom is 0.307 e. The number of benzene rings is 1. The molecule has 2 heteroatoms. The summed E-state index contributed by atoms with van der Waals surface area (Å²) in [7, 11) is 0. The predicted octanol–water partition coefficient (Wildman–Crippen LogP) is 4.34.